The lowest BCUT2D eigenvalue weighted by atomic mass is 10.1. The average molecular weight is 283 g/mol. The summed E-state index contributed by atoms with van der Waals surface area (Å²) in [6.45, 7) is 4.98. The first-order chi connectivity index (χ1) is 10.3. The first-order valence-electron chi connectivity index (χ1n) is 7.87. The van der Waals surface area contributed by atoms with Gasteiger partial charge in [0.1, 0.15) is 0 Å². The smallest absolute Gasteiger partial charge is 0.178 e. The fourth-order valence-corrected chi connectivity index (χ4v) is 3.79. The highest BCUT2D eigenvalue weighted by Crippen LogP contribution is 2.23. The van der Waals surface area contributed by atoms with E-state index < -0.39 is 0 Å². The molecule has 21 heavy (non-hydrogen) atoms. The highest BCUT2D eigenvalue weighted by Gasteiger charge is 2.31. The highest BCUT2D eigenvalue weighted by atomic mass is 16.1. The molecule has 2 aliphatic rings. The van der Waals surface area contributed by atoms with Crippen molar-refractivity contribution in [2.75, 3.05) is 32.7 Å². The van der Waals surface area contributed by atoms with Crippen molar-refractivity contribution in [2.45, 2.75) is 18.9 Å². The van der Waals surface area contributed by atoms with E-state index in [2.05, 4.69) is 14.8 Å². The minimum atomic E-state index is 0.235. The summed E-state index contributed by atoms with van der Waals surface area (Å²) in [5.41, 5.74) is 1.88. The summed E-state index contributed by atoms with van der Waals surface area (Å²) in [6.07, 6.45) is 4.46. The molecule has 0 bridgehead atoms. The van der Waals surface area contributed by atoms with Gasteiger partial charge in [-0.15, -0.1) is 0 Å². The van der Waals surface area contributed by atoms with Crippen molar-refractivity contribution in [1.82, 2.24) is 14.8 Å². The molecule has 1 aromatic heterocycles. The van der Waals surface area contributed by atoms with Crippen molar-refractivity contribution in [3.05, 3.63) is 36.0 Å². The van der Waals surface area contributed by atoms with Crippen LogP contribution in [0.1, 0.15) is 23.2 Å². The van der Waals surface area contributed by atoms with Gasteiger partial charge >= 0.3 is 0 Å². The quantitative estimate of drug-likeness (QED) is 0.877. The van der Waals surface area contributed by atoms with Crippen LogP contribution in [0.4, 0.5) is 0 Å². The SMILES string of the molecule is O=C(CN1CCN2CCCC2C1)c1c[nH]c2ccccc12. The van der Waals surface area contributed by atoms with Crippen LogP contribution in [-0.4, -0.2) is 59.3 Å². The first-order valence-corrected chi connectivity index (χ1v) is 7.87. The van der Waals surface area contributed by atoms with E-state index in [-0.39, 0.29) is 5.78 Å². The molecule has 1 unspecified atom stereocenters. The number of para-hydroxylation sites is 1. The average Bonchev–Trinajstić information content (AvgIpc) is 3.13. The van der Waals surface area contributed by atoms with Crippen LogP contribution < -0.4 is 0 Å². The van der Waals surface area contributed by atoms with Crippen LogP contribution in [0, 0.1) is 0 Å². The molecular formula is C17H21N3O. The number of piperazine rings is 1. The Hall–Kier alpha value is -1.65. The van der Waals surface area contributed by atoms with Gasteiger partial charge in [0.05, 0.1) is 6.54 Å². The summed E-state index contributed by atoms with van der Waals surface area (Å²) in [5.74, 6) is 0.235. The first kappa shape index (κ1) is 13.0. The van der Waals surface area contributed by atoms with Crippen LogP contribution in [0.3, 0.4) is 0 Å². The zero-order chi connectivity index (χ0) is 14.2. The second-order valence-corrected chi connectivity index (χ2v) is 6.24. The lowest BCUT2D eigenvalue weighted by Crippen LogP contribution is -2.51. The molecule has 1 aromatic carbocycles. The Bertz CT molecular complexity index is 663. The number of aromatic amines is 1. The van der Waals surface area contributed by atoms with E-state index in [9.17, 15) is 4.79 Å². The third kappa shape index (κ3) is 2.39. The fourth-order valence-electron chi connectivity index (χ4n) is 3.79. The van der Waals surface area contributed by atoms with Gasteiger partial charge in [0, 0.05) is 48.3 Å². The molecule has 0 spiro atoms. The fraction of sp³-hybridized carbons (Fsp3) is 0.471. The maximum Gasteiger partial charge on any atom is 0.178 e. The summed E-state index contributed by atoms with van der Waals surface area (Å²) >= 11 is 0. The maximum atomic E-state index is 12.6. The highest BCUT2D eigenvalue weighted by molar-refractivity contribution is 6.08. The number of Topliss-reactive ketones (excluding diaryl/α,β-unsaturated/α-hetero) is 1. The van der Waals surface area contributed by atoms with Crippen molar-refractivity contribution in [2.24, 2.45) is 0 Å². The molecule has 4 rings (SSSR count). The van der Waals surface area contributed by atoms with Crippen molar-refractivity contribution in [3.8, 4) is 0 Å². The van der Waals surface area contributed by atoms with E-state index >= 15 is 0 Å². The molecule has 1 atom stereocenters. The molecule has 0 radical (unpaired) electrons. The molecule has 4 nitrogen and oxygen atoms in total. The van der Waals surface area contributed by atoms with Gasteiger partial charge in [-0.25, -0.2) is 0 Å². The number of nitrogens with zero attached hydrogens (tertiary/aromatic N) is 2. The Balaban J connectivity index is 1.48. The number of rotatable bonds is 3. The molecule has 2 aromatic rings. The van der Waals surface area contributed by atoms with Crippen LogP contribution in [0.25, 0.3) is 10.9 Å². The Morgan fingerprint density at radius 3 is 3.10 bits per heavy atom. The second kappa shape index (κ2) is 5.28. The Morgan fingerprint density at radius 1 is 1.24 bits per heavy atom. The number of carbonyl (C=O) groups excluding carboxylic acids is 1. The van der Waals surface area contributed by atoms with Gasteiger partial charge in [-0.2, -0.15) is 0 Å². The number of aromatic nitrogens is 1. The summed E-state index contributed by atoms with van der Waals surface area (Å²) in [4.78, 5) is 20.7. The number of nitrogens with one attached hydrogen (secondary N) is 1. The van der Waals surface area contributed by atoms with Gasteiger partial charge in [-0.3, -0.25) is 14.6 Å². The summed E-state index contributed by atoms with van der Waals surface area (Å²) in [7, 11) is 0. The maximum absolute atomic E-state index is 12.6. The number of hydrogen-bond donors (Lipinski definition) is 1. The lowest BCUT2D eigenvalue weighted by molar-refractivity contribution is 0.0785. The van der Waals surface area contributed by atoms with Gasteiger partial charge in [-0.1, -0.05) is 18.2 Å². The third-order valence-corrected chi connectivity index (χ3v) is 4.93. The van der Waals surface area contributed by atoms with Gasteiger partial charge in [0.2, 0.25) is 0 Å². The van der Waals surface area contributed by atoms with E-state index in [1.165, 1.54) is 19.4 Å². The van der Waals surface area contributed by atoms with Crippen molar-refractivity contribution < 1.29 is 4.79 Å². The topological polar surface area (TPSA) is 39.3 Å². The number of fused-ring (bicyclic) bond motifs is 2. The van der Waals surface area contributed by atoms with E-state index in [1.807, 2.05) is 30.5 Å². The molecule has 0 saturated carbocycles. The summed E-state index contributed by atoms with van der Waals surface area (Å²) < 4.78 is 0. The van der Waals surface area contributed by atoms with Crippen molar-refractivity contribution in [1.29, 1.82) is 0 Å². The van der Waals surface area contributed by atoms with Gasteiger partial charge < -0.3 is 4.98 Å². The Morgan fingerprint density at radius 2 is 2.14 bits per heavy atom. The predicted octanol–water partition coefficient (Wildman–Crippen LogP) is 2.13. The van der Waals surface area contributed by atoms with Gasteiger partial charge in [0.25, 0.3) is 0 Å². The predicted molar refractivity (Wildman–Crippen MR) is 83.7 cm³/mol. The van der Waals surface area contributed by atoms with Gasteiger partial charge in [0.15, 0.2) is 5.78 Å². The largest absolute Gasteiger partial charge is 0.360 e. The summed E-state index contributed by atoms with van der Waals surface area (Å²) in [5, 5.41) is 1.04. The molecule has 110 valence electrons. The van der Waals surface area contributed by atoms with Gasteiger partial charge in [-0.05, 0) is 25.5 Å². The van der Waals surface area contributed by atoms with Crippen molar-refractivity contribution in [3.63, 3.8) is 0 Å². The van der Waals surface area contributed by atoms with E-state index in [0.29, 0.717) is 12.6 Å². The summed E-state index contributed by atoms with van der Waals surface area (Å²) in [6, 6.07) is 8.70. The standard InChI is InChI=1S/C17H21N3O/c21-17(15-10-18-16-6-2-1-5-14(15)16)12-19-8-9-20-7-3-4-13(20)11-19/h1-2,5-6,10,13,18H,3-4,7-9,11-12H2. The van der Waals surface area contributed by atoms with Crippen LogP contribution in [0.15, 0.2) is 30.5 Å². The minimum Gasteiger partial charge on any atom is -0.360 e. The molecule has 0 amide bonds. The molecule has 1 N–H and O–H groups in total. The number of benzene rings is 1. The second-order valence-electron chi connectivity index (χ2n) is 6.24. The molecule has 3 heterocycles. The molecular weight excluding hydrogens is 262 g/mol. The number of hydrogen-bond acceptors (Lipinski definition) is 3. The third-order valence-electron chi connectivity index (χ3n) is 4.93. The molecule has 4 heteroatoms. The normalized spacial score (nSPS) is 23.5. The lowest BCUT2D eigenvalue weighted by Gasteiger charge is -2.37. The zero-order valence-corrected chi connectivity index (χ0v) is 12.2. The van der Waals surface area contributed by atoms with Crippen LogP contribution >= 0.6 is 0 Å². The Labute approximate surface area is 124 Å². The Kier molecular flexibility index (Phi) is 3.28. The van der Waals surface area contributed by atoms with Crippen LogP contribution in [0.2, 0.25) is 0 Å². The number of ketones is 1. The molecule has 2 aliphatic heterocycles. The molecule has 2 fully saturated rings. The van der Waals surface area contributed by atoms with E-state index in [4.69, 9.17) is 0 Å². The monoisotopic (exact) mass is 283 g/mol. The van der Waals surface area contributed by atoms with Crippen LogP contribution in [0.5, 0.6) is 0 Å². The minimum absolute atomic E-state index is 0.235. The number of H-pyrrole nitrogens is 1. The van der Waals surface area contributed by atoms with E-state index in [1.54, 1.807) is 0 Å². The number of carbonyl (C=O) groups is 1. The van der Waals surface area contributed by atoms with Crippen LogP contribution in [-0.2, 0) is 0 Å². The zero-order valence-electron chi connectivity index (χ0n) is 12.2. The van der Waals surface area contributed by atoms with E-state index in [0.717, 1.165) is 36.1 Å². The molecule has 2 saturated heterocycles. The molecule has 0 aliphatic carbocycles. The van der Waals surface area contributed by atoms with Crippen molar-refractivity contribution >= 4 is 16.7 Å².